The Labute approximate surface area is 632 Å². The third-order valence-electron chi connectivity index (χ3n) is 21.3. The first-order valence-corrected chi connectivity index (χ1v) is 45.2. The maximum absolute atomic E-state index is 13.4. The van der Waals surface area contributed by atoms with Crippen LogP contribution >= 0.6 is 0 Å². The molecule has 3 N–H and O–H groups in total. The number of unbranched alkanes of at least 4 members (excludes halogenated alkanes) is 46. The van der Waals surface area contributed by atoms with E-state index in [9.17, 15) is 29.1 Å². The van der Waals surface area contributed by atoms with Gasteiger partial charge < -0.3 is 39.8 Å². The van der Waals surface area contributed by atoms with Gasteiger partial charge in [0.1, 0.15) is 18.6 Å². The Morgan fingerprint density at radius 3 is 0.853 bits per heavy atom. The van der Waals surface area contributed by atoms with E-state index in [1.165, 1.54) is 193 Å². The number of aliphatic hydroxyl groups is 1. The van der Waals surface area contributed by atoms with Crippen LogP contribution in [0.4, 0.5) is 0 Å². The fraction of sp³-hybridized carbons (Fsp3) is 0.944. The Morgan fingerprint density at radius 2 is 0.549 bits per heavy atom. The van der Waals surface area contributed by atoms with Gasteiger partial charge in [-0.05, 0) is 142 Å². The summed E-state index contributed by atoms with van der Waals surface area (Å²) in [6.07, 6.45) is 72.6. The Morgan fingerprint density at radius 1 is 0.294 bits per heavy atom. The summed E-state index contributed by atoms with van der Waals surface area (Å²) in [6.45, 7) is 20.6. The van der Waals surface area contributed by atoms with Crippen molar-refractivity contribution < 1.29 is 43.3 Å². The summed E-state index contributed by atoms with van der Waals surface area (Å²) in [5.41, 5.74) is 0. The van der Waals surface area contributed by atoms with Crippen LogP contribution in [0.2, 0.25) is 0 Å². The first kappa shape index (κ1) is 99.2. The van der Waals surface area contributed by atoms with Gasteiger partial charge >= 0.3 is 17.9 Å². The zero-order chi connectivity index (χ0) is 74.3. The van der Waals surface area contributed by atoms with Crippen LogP contribution in [0.3, 0.4) is 0 Å². The van der Waals surface area contributed by atoms with Gasteiger partial charge in [-0.3, -0.25) is 24.0 Å². The molecule has 0 radical (unpaired) electrons. The lowest BCUT2D eigenvalue weighted by Crippen LogP contribution is -2.40. The quantitative estimate of drug-likeness (QED) is 0.0230. The highest BCUT2D eigenvalue weighted by atomic mass is 16.5. The number of ether oxygens (including phenoxy) is 3. The Hall–Kier alpha value is -2.77. The summed E-state index contributed by atoms with van der Waals surface area (Å²) >= 11 is 0. The van der Waals surface area contributed by atoms with Gasteiger partial charge in [-0.2, -0.15) is 0 Å². The van der Waals surface area contributed by atoms with Gasteiger partial charge in [-0.15, -0.1) is 0 Å². The molecule has 0 aliphatic carbocycles. The van der Waals surface area contributed by atoms with Gasteiger partial charge in [0.25, 0.3) is 0 Å². The molecule has 13 nitrogen and oxygen atoms in total. The number of aliphatic hydroxyl groups excluding tert-OH is 1. The Kier molecular flexibility index (Phi) is 78.6. The zero-order valence-corrected chi connectivity index (χ0v) is 68.9. The second-order valence-corrected chi connectivity index (χ2v) is 31.3. The van der Waals surface area contributed by atoms with E-state index in [0.717, 1.165) is 245 Å². The van der Waals surface area contributed by atoms with E-state index in [1.54, 1.807) is 0 Å². The number of rotatable bonds is 84. The van der Waals surface area contributed by atoms with E-state index in [1.807, 2.05) is 0 Å². The van der Waals surface area contributed by atoms with E-state index >= 15 is 0 Å². The minimum atomic E-state index is -0.242. The van der Waals surface area contributed by atoms with Crippen molar-refractivity contribution >= 4 is 29.7 Å². The number of nitrogens with zero attached hydrogens (tertiary/aromatic N) is 2. The van der Waals surface area contributed by atoms with Gasteiger partial charge in [-0.1, -0.05) is 324 Å². The second kappa shape index (κ2) is 80.8. The molecule has 102 heavy (non-hydrogen) atoms. The van der Waals surface area contributed by atoms with Crippen LogP contribution in [0.1, 0.15) is 459 Å². The molecule has 0 heterocycles. The first-order valence-electron chi connectivity index (χ1n) is 45.2. The molecule has 0 unspecified atom stereocenters. The number of esters is 3. The van der Waals surface area contributed by atoms with Crippen molar-refractivity contribution in [3.8, 4) is 0 Å². The summed E-state index contributed by atoms with van der Waals surface area (Å²) in [5, 5.41) is 15.4. The molecule has 0 aromatic carbocycles. The van der Waals surface area contributed by atoms with Gasteiger partial charge in [0.05, 0.1) is 12.5 Å². The third-order valence-corrected chi connectivity index (χ3v) is 21.3. The van der Waals surface area contributed by atoms with E-state index < -0.39 is 0 Å². The number of hydrogen-bond acceptors (Lipinski definition) is 11. The van der Waals surface area contributed by atoms with Gasteiger partial charge in [0.15, 0.2) is 0 Å². The highest BCUT2D eigenvalue weighted by molar-refractivity contribution is 5.96. The van der Waals surface area contributed by atoms with Crippen molar-refractivity contribution in [2.75, 3.05) is 65.6 Å². The molecule has 0 aliphatic rings. The molecule has 0 aromatic heterocycles. The lowest BCUT2D eigenvalue weighted by molar-refractivity contribution is -0.151. The normalized spacial score (nSPS) is 11.7. The van der Waals surface area contributed by atoms with Gasteiger partial charge in [-0.25, -0.2) is 0 Å². The Balaban J connectivity index is 5.38. The molecule has 0 fully saturated rings. The molecule has 0 rings (SSSR count). The van der Waals surface area contributed by atoms with Crippen molar-refractivity contribution in [3.05, 3.63) is 0 Å². The van der Waals surface area contributed by atoms with E-state index in [2.05, 4.69) is 62.0 Å². The van der Waals surface area contributed by atoms with Crippen molar-refractivity contribution in [3.63, 3.8) is 0 Å². The minimum Gasteiger partial charge on any atom is -0.465 e. The lowest BCUT2D eigenvalue weighted by Gasteiger charge is -2.23. The predicted octanol–water partition coefficient (Wildman–Crippen LogP) is 24.3. The topological polar surface area (TPSA) is 164 Å². The van der Waals surface area contributed by atoms with Crippen molar-refractivity contribution in [1.82, 2.24) is 20.4 Å². The molecule has 0 aliphatic heterocycles. The summed E-state index contributed by atoms with van der Waals surface area (Å²) in [5.74, 6) is -0.449. The van der Waals surface area contributed by atoms with E-state index in [0.29, 0.717) is 32.5 Å². The number of carbonyl (C=O) groups is 5. The standard InChI is InChI=1S/C89H174N4O9/c1-7-13-19-25-35-49-63-82(64-50-36-26-20-14-8-2)89(99)100-80-62-48-34-46-60-76-93(74-58-44-32-42-56-70-88(98)102-84(67-53-39-29-23-17-11-5)68-54-40-30-24-18-12-6)78-72-91-86(96)81-85(95)90-71-77-92(75-59-45-33-47-61-79-94)73-57-43-31-41-55-69-87(97)101-83(65-51-37-27-21-15-9-3)66-52-38-28-22-16-10-4/h82-84,94H,7-81H2,1-6H3,(H,90,95)(H,91,96). The van der Waals surface area contributed by atoms with E-state index in [4.69, 9.17) is 14.2 Å². The van der Waals surface area contributed by atoms with Gasteiger partial charge in [0.2, 0.25) is 11.8 Å². The fourth-order valence-electron chi connectivity index (χ4n) is 14.5. The van der Waals surface area contributed by atoms with Crippen LogP contribution in [0.25, 0.3) is 0 Å². The monoisotopic (exact) mass is 1440 g/mol. The number of amides is 2. The zero-order valence-electron chi connectivity index (χ0n) is 68.9. The van der Waals surface area contributed by atoms with Crippen molar-refractivity contribution in [2.24, 2.45) is 5.92 Å². The summed E-state index contributed by atoms with van der Waals surface area (Å²) in [4.78, 5) is 70.9. The van der Waals surface area contributed by atoms with Crippen molar-refractivity contribution in [2.45, 2.75) is 471 Å². The van der Waals surface area contributed by atoms with E-state index in [-0.39, 0.29) is 60.9 Å². The van der Waals surface area contributed by atoms with Crippen LogP contribution in [0.15, 0.2) is 0 Å². The largest absolute Gasteiger partial charge is 0.465 e. The molecular formula is C89H174N4O9. The average Bonchev–Trinajstić information content (AvgIpc) is 1.07. The fourth-order valence-corrected chi connectivity index (χ4v) is 14.5. The molecule has 0 aromatic rings. The summed E-state index contributed by atoms with van der Waals surface area (Å²) in [7, 11) is 0. The van der Waals surface area contributed by atoms with Crippen LogP contribution < -0.4 is 10.6 Å². The number of nitrogens with one attached hydrogen (secondary N) is 2. The minimum absolute atomic E-state index is 0.0167. The molecule has 0 bridgehead atoms. The number of carbonyl (C=O) groups excluding carboxylic acids is 5. The second-order valence-electron chi connectivity index (χ2n) is 31.3. The molecule has 13 heteroatoms. The SMILES string of the molecule is CCCCCCCCC(CCCCCCCC)OC(=O)CCCCCCCN(CCCCCCCO)CCNC(=O)CC(=O)NCCN(CCCCCCCOC(=O)C(CCCCCCCC)CCCCCCCC)CCCCCCCC(=O)OC(CCCCCCCC)CCCCCCCC. The average molecular weight is 1440 g/mol. The van der Waals surface area contributed by atoms with Crippen molar-refractivity contribution in [1.29, 1.82) is 0 Å². The highest BCUT2D eigenvalue weighted by Gasteiger charge is 2.21. The smallest absolute Gasteiger partial charge is 0.308 e. The van der Waals surface area contributed by atoms with Crippen LogP contribution in [0, 0.1) is 5.92 Å². The Bertz CT molecular complexity index is 1740. The molecule has 0 saturated heterocycles. The molecular weight excluding hydrogens is 1270 g/mol. The number of hydrogen-bond donors (Lipinski definition) is 3. The van der Waals surface area contributed by atoms with Crippen LogP contribution in [-0.2, 0) is 38.2 Å². The maximum Gasteiger partial charge on any atom is 0.308 e. The van der Waals surface area contributed by atoms with Crippen LogP contribution in [-0.4, -0.2) is 122 Å². The van der Waals surface area contributed by atoms with Crippen LogP contribution in [0.5, 0.6) is 0 Å². The molecule has 604 valence electrons. The molecule has 2 amide bonds. The lowest BCUT2D eigenvalue weighted by atomic mass is 9.94. The van der Waals surface area contributed by atoms with Gasteiger partial charge in [0, 0.05) is 45.6 Å². The summed E-state index contributed by atoms with van der Waals surface area (Å²) < 4.78 is 18.2. The first-order chi connectivity index (χ1) is 50.1. The molecule has 0 spiro atoms. The molecule has 0 atom stereocenters. The predicted molar refractivity (Wildman–Crippen MR) is 434 cm³/mol. The molecule has 0 saturated carbocycles. The highest BCUT2D eigenvalue weighted by Crippen LogP contribution is 2.24. The maximum atomic E-state index is 13.4. The third kappa shape index (κ3) is 71.5. The summed E-state index contributed by atoms with van der Waals surface area (Å²) in [6, 6.07) is 0.